The van der Waals surface area contributed by atoms with Gasteiger partial charge >= 0.3 is 0 Å². The minimum absolute atomic E-state index is 0.0113. The van der Waals surface area contributed by atoms with Crippen LogP contribution in [-0.2, 0) is 16.1 Å². The lowest BCUT2D eigenvalue weighted by atomic mass is 10.1. The summed E-state index contributed by atoms with van der Waals surface area (Å²) in [6, 6.07) is 0. The molecule has 1 aromatic rings. The van der Waals surface area contributed by atoms with Crippen molar-refractivity contribution in [1.82, 2.24) is 19.8 Å². The van der Waals surface area contributed by atoms with E-state index in [4.69, 9.17) is 0 Å². The fourth-order valence-corrected chi connectivity index (χ4v) is 2.92. The molecule has 1 aliphatic heterocycles. The maximum atomic E-state index is 12.8. The lowest BCUT2D eigenvalue weighted by Gasteiger charge is -2.32. The number of aromatic nitrogens is 2. The van der Waals surface area contributed by atoms with Gasteiger partial charge in [0.1, 0.15) is 5.82 Å². The first kappa shape index (κ1) is 17.5. The summed E-state index contributed by atoms with van der Waals surface area (Å²) in [5.41, 5.74) is 0.537. The lowest BCUT2D eigenvalue weighted by Crippen LogP contribution is -2.44. The van der Waals surface area contributed by atoms with Crippen molar-refractivity contribution >= 4 is 11.8 Å². The van der Waals surface area contributed by atoms with Crippen LogP contribution in [0.2, 0.25) is 0 Å². The van der Waals surface area contributed by atoms with Gasteiger partial charge in [-0.2, -0.15) is 0 Å². The highest BCUT2D eigenvalue weighted by molar-refractivity contribution is 5.89. The number of aliphatic hydroxyl groups excluding tert-OH is 1. The molecule has 1 unspecified atom stereocenters. The largest absolute Gasteiger partial charge is 0.395 e. The summed E-state index contributed by atoms with van der Waals surface area (Å²) in [6.45, 7) is 8.69. The Morgan fingerprint density at radius 3 is 2.70 bits per heavy atom. The van der Waals surface area contributed by atoms with E-state index in [0.717, 1.165) is 11.5 Å². The number of imidazole rings is 1. The van der Waals surface area contributed by atoms with Gasteiger partial charge in [-0.05, 0) is 27.7 Å². The second-order valence-electron chi connectivity index (χ2n) is 7.05. The Morgan fingerprint density at radius 2 is 2.22 bits per heavy atom. The van der Waals surface area contributed by atoms with Crippen LogP contribution in [0.4, 0.5) is 0 Å². The van der Waals surface area contributed by atoms with Crippen LogP contribution in [0.25, 0.3) is 0 Å². The van der Waals surface area contributed by atoms with Gasteiger partial charge in [-0.3, -0.25) is 9.59 Å². The highest BCUT2D eigenvalue weighted by Crippen LogP contribution is 2.27. The molecule has 0 saturated carbocycles. The van der Waals surface area contributed by atoms with Crippen LogP contribution in [0, 0.1) is 12.8 Å². The van der Waals surface area contributed by atoms with Crippen molar-refractivity contribution < 1.29 is 14.7 Å². The Labute approximate surface area is 136 Å². The Bertz CT molecular complexity index is 576. The quantitative estimate of drug-likeness (QED) is 0.834. The van der Waals surface area contributed by atoms with Gasteiger partial charge in [0, 0.05) is 25.0 Å². The first-order chi connectivity index (χ1) is 10.7. The summed E-state index contributed by atoms with van der Waals surface area (Å²) in [5, 5.41) is 9.25. The molecular formula is C16H26N4O3. The Balaban J connectivity index is 2.08. The van der Waals surface area contributed by atoms with Gasteiger partial charge < -0.3 is 19.9 Å². The fourth-order valence-electron chi connectivity index (χ4n) is 2.92. The minimum atomic E-state index is -0.350. The lowest BCUT2D eigenvalue weighted by molar-refractivity contribution is -0.137. The van der Waals surface area contributed by atoms with Crippen LogP contribution in [0.1, 0.15) is 38.7 Å². The van der Waals surface area contributed by atoms with Gasteiger partial charge in [0.2, 0.25) is 11.8 Å². The molecule has 7 nitrogen and oxygen atoms in total. The normalized spacial score (nSPS) is 18.6. The summed E-state index contributed by atoms with van der Waals surface area (Å²) in [4.78, 5) is 35.5. The highest BCUT2D eigenvalue weighted by Gasteiger charge is 2.40. The zero-order valence-corrected chi connectivity index (χ0v) is 14.3. The molecule has 23 heavy (non-hydrogen) atoms. The number of nitrogens with one attached hydrogen (secondary N) is 1. The molecule has 2 rings (SSSR count). The molecule has 1 aliphatic rings. The van der Waals surface area contributed by atoms with E-state index < -0.39 is 0 Å². The number of carbonyl (C=O) groups excluding carboxylic acids is 2. The molecule has 0 spiro atoms. The number of carbonyl (C=O) groups is 2. The van der Waals surface area contributed by atoms with Crippen molar-refractivity contribution in [2.24, 2.45) is 5.92 Å². The standard InChI is InChI=1S/C16H26N4O3/c1-11-17-8-13(18-11)10-19(5-6-21)15(23)12-7-14(22)20(9-12)16(2,3)4/h8,12,21H,5-7,9-10H2,1-4H3,(H,17,18). The van der Waals surface area contributed by atoms with Crippen LogP contribution in [0.5, 0.6) is 0 Å². The van der Waals surface area contributed by atoms with Gasteiger partial charge in [0.25, 0.3) is 0 Å². The van der Waals surface area contributed by atoms with Crippen molar-refractivity contribution in [1.29, 1.82) is 0 Å². The smallest absolute Gasteiger partial charge is 0.228 e. The van der Waals surface area contributed by atoms with Crippen molar-refractivity contribution in [3.8, 4) is 0 Å². The first-order valence-corrected chi connectivity index (χ1v) is 7.93. The molecule has 1 atom stereocenters. The highest BCUT2D eigenvalue weighted by atomic mass is 16.3. The molecule has 1 aromatic heterocycles. The predicted octanol–water partition coefficient (Wildman–Crippen LogP) is 0.686. The molecule has 1 fully saturated rings. The summed E-state index contributed by atoms with van der Waals surface area (Å²) < 4.78 is 0. The molecule has 0 aromatic carbocycles. The number of rotatable bonds is 5. The van der Waals surface area contributed by atoms with Crippen LogP contribution in [-0.4, -0.2) is 61.9 Å². The average molecular weight is 322 g/mol. The van der Waals surface area contributed by atoms with Crippen LogP contribution < -0.4 is 0 Å². The Morgan fingerprint density at radius 1 is 1.52 bits per heavy atom. The average Bonchev–Trinajstić information content (AvgIpc) is 3.03. The van der Waals surface area contributed by atoms with E-state index in [1.165, 1.54) is 0 Å². The monoisotopic (exact) mass is 322 g/mol. The van der Waals surface area contributed by atoms with E-state index >= 15 is 0 Å². The van der Waals surface area contributed by atoms with Gasteiger partial charge in [-0.25, -0.2) is 4.98 Å². The van der Waals surface area contributed by atoms with Crippen molar-refractivity contribution in [2.75, 3.05) is 19.7 Å². The first-order valence-electron chi connectivity index (χ1n) is 7.93. The summed E-state index contributed by atoms with van der Waals surface area (Å²) >= 11 is 0. The Kier molecular flexibility index (Phi) is 5.09. The zero-order valence-electron chi connectivity index (χ0n) is 14.3. The number of likely N-dealkylation sites (tertiary alicyclic amines) is 1. The molecule has 2 N–H and O–H groups in total. The van der Waals surface area contributed by atoms with Gasteiger partial charge in [-0.1, -0.05) is 0 Å². The fraction of sp³-hybridized carbons (Fsp3) is 0.688. The second kappa shape index (κ2) is 6.70. The third-order valence-electron chi connectivity index (χ3n) is 4.08. The van der Waals surface area contributed by atoms with Crippen molar-refractivity contribution in [2.45, 2.75) is 46.2 Å². The third-order valence-corrected chi connectivity index (χ3v) is 4.08. The van der Waals surface area contributed by atoms with Crippen LogP contribution in [0.3, 0.4) is 0 Å². The zero-order chi connectivity index (χ0) is 17.2. The van der Waals surface area contributed by atoms with Gasteiger partial charge in [0.05, 0.1) is 31.0 Å². The van der Waals surface area contributed by atoms with Crippen molar-refractivity contribution in [3.63, 3.8) is 0 Å². The number of nitrogens with zero attached hydrogens (tertiary/aromatic N) is 3. The maximum absolute atomic E-state index is 12.8. The number of H-pyrrole nitrogens is 1. The topological polar surface area (TPSA) is 89.5 Å². The molecule has 128 valence electrons. The molecule has 0 bridgehead atoms. The molecule has 2 amide bonds. The number of aromatic amines is 1. The van der Waals surface area contributed by atoms with Crippen LogP contribution >= 0.6 is 0 Å². The molecular weight excluding hydrogens is 296 g/mol. The second-order valence-corrected chi connectivity index (χ2v) is 7.05. The van der Waals surface area contributed by atoms with E-state index in [1.807, 2.05) is 27.7 Å². The SMILES string of the molecule is Cc1ncc(CN(CCO)C(=O)C2CC(=O)N(C(C)(C)C)C2)[nH]1. The van der Waals surface area contributed by atoms with E-state index in [-0.39, 0.29) is 42.8 Å². The van der Waals surface area contributed by atoms with Crippen LogP contribution in [0.15, 0.2) is 6.20 Å². The number of aryl methyl sites for hydroxylation is 1. The van der Waals surface area contributed by atoms with Gasteiger partial charge in [0.15, 0.2) is 0 Å². The maximum Gasteiger partial charge on any atom is 0.228 e. The summed E-state index contributed by atoms with van der Waals surface area (Å²) in [6.07, 6.45) is 1.92. The predicted molar refractivity (Wildman–Crippen MR) is 85.4 cm³/mol. The van der Waals surface area contributed by atoms with E-state index in [9.17, 15) is 14.7 Å². The number of hydrogen-bond donors (Lipinski definition) is 2. The van der Waals surface area contributed by atoms with Gasteiger partial charge in [-0.15, -0.1) is 0 Å². The summed E-state index contributed by atoms with van der Waals surface area (Å²) in [7, 11) is 0. The molecule has 2 heterocycles. The third kappa shape index (κ3) is 4.10. The minimum Gasteiger partial charge on any atom is -0.395 e. The molecule has 1 saturated heterocycles. The summed E-state index contributed by atoms with van der Waals surface area (Å²) in [5.74, 6) is 0.354. The van der Waals surface area contributed by atoms with E-state index in [0.29, 0.717) is 13.1 Å². The van der Waals surface area contributed by atoms with Crippen molar-refractivity contribution in [3.05, 3.63) is 17.7 Å². The molecule has 0 aliphatic carbocycles. The van der Waals surface area contributed by atoms with E-state index in [2.05, 4.69) is 9.97 Å². The molecule has 7 heteroatoms. The number of aliphatic hydroxyl groups is 1. The molecule has 0 radical (unpaired) electrons. The number of hydrogen-bond acceptors (Lipinski definition) is 4. The van der Waals surface area contributed by atoms with E-state index in [1.54, 1.807) is 16.0 Å². The number of amides is 2. The Hall–Kier alpha value is -1.89.